The first-order valence-electron chi connectivity index (χ1n) is 4.82. The third-order valence-electron chi connectivity index (χ3n) is 2.05. The summed E-state index contributed by atoms with van der Waals surface area (Å²) >= 11 is 0. The highest BCUT2D eigenvalue weighted by Crippen LogP contribution is 2.36. The molecule has 7 heteroatoms. The Bertz CT molecular complexity index is 429. The average molecular weight is 264 g/mol. The quantitative estimate of drug-likeness (QED) is 0.619. The molecule has 0 aliphatic heterocycles. The molecule has 0 aromatic heterocycles. The van der Waals surface area contributed by atoms with E-state index in [-0.39, 0.29) is 12.5 Å². The van der Waals surface area contributed by atoms with Gasteiger partial charge in [0.1, 0.15) is 11.3 Å². The third kappa shape index (κ3) is 3.13. The second kappa shape index (κ2) is 5.72. The standard InChI is InChI=1S/C11H11F3O4/c1-16-6-18-8-5-3-4-7(11(12,13)14)9(8)10(15)17-2/h3-5H,6H2,1-2H3. The number of carbonyl (C=O) groups is 1. The van der Waals surface area contributed by atoms with Gasteiger partial charge in [0, 0.05) is 7.11 Å². The molecule has 0 radical (unpaired) electrons. The van der Waals surface area contributed by atoms with Crippen molar-refractivity contribution in [2.75, 3.05) is 21.0 Å². The molecule has 0 atom stereocenters. The summed E-state index contributed by atoms with van der Waals surface area (Å²) in [6, 6.07) is 3.16. The number of hydrogen-bond donors (Lipinski definition) is 0. The van der Waals surface area contributed by atoms with Gasteiger partial charge in [-0.1, -0.05) is 6.07 Å². The molecular formula is C11H11F3O4. The van der Waals surface area contributed by atoms with Gasteiger partial charge in [-0.25, -0.2) is 4.79 Å². The molecule has 0 amide bonds. The van der Waals surface area contributed by atoms with E-state index in [1.807, 2.05) is 0 Å². The maximum absolute atomic E-state index is 12.8. The van der Waals surface area contributed by atoms with Gasteiger partial charge in [0.25, 0.3) is 0 Å². The summed E-state index contributed by atoms with van der Waals surface area (Å²) in [5.74, 6) is -1.35. The Balaban J connectivity index is 3.30. The van der Waals surface area contributed by atoms with Crippen LogP contribution in [0.4, 0.5) is 13.2 Å². The lowest BCUT2D eigenvalue weighted by Crippen LogP contribution is -2.16. The van der Waals surface area contributed by atoms with Crippen LogP contribution >= 0.6 is 0 Å². The first-order valence-corrected chi connectivity index (χ1v) is 4.82. The molecule has 18 heavy (non-hydrogen) atoms. The summed E-state index contributed by atoms with van der Waals surface area (Å²) in [5.41, 5.74) is -1.77. The molecule has 1 aromatic carbocycles. The zero-order valence-electron chi connectivity index (χ0n) is 9.71. The van der Waals surface area contributed by atoms with Gasteiger partial charge in [0.2, 0.25) is 0 Å². The van der Waals surface area contributed by atoms with E-state index in [2.05, 4.69) is 9.47 Å². The lowest BCUT2D eigenvalue weighted by molar-refractivity contribution is -0.138. The average Bonchev–Trinajstić information content (AvgIpc) is 2.33. The fourth-order valence-electron chi connectivity index (χ4n) is 1.32. The lowest BCUT2D eigenvalue weighted by Gasteiger charge is -2.15. The smallest absolute Gasteiger partial charge is 0.417 e. The van der Waals surface area contributed by atoms with Gasteiger partial charge >= 0.3 is 12.1 Å². The number of halogens is 3. The molecule has 0 bridgehead atoms. The number of benzene rings is 1. The maximum Gasteiger partial charge on any atom is 0.417 e. The molecule has 0 aliphatic rings. The molecule has 1 aromatic rings. The first-order chi connectivity index (χ1) is 8.41. The van der Waals surface area contributed by atoms with Crippen LogP contribution in [0.1, 0.15) is 15.9 Å². The highest BCUT2D eigenvalue weighted by atomic mass is 19.4. The molecule has 0 aliphatic carbocycles. The minimum atomic E-state index is -4.67. The van der Waals surface area contributed by atoms with Crippen molar-refractivity contribution in [2.45, 2.75) is 6.18 Å². The highest BCUT2D eigenvalue weighted by molar-refractivity contribution is 5.94. The van der Waals surface area contributed by atoms with Crippen LogP contribution in [0.15, 0.2) is 18.2 Å². The van der Waals surface area contributed by atoms with Crippen LogP contribution in [0.5, 0.6) is 5.75 Å². The van der Waals surface area contributed by atoms with Crippen LogP contribution in [0.25, 0.3) is 0 Å². The Morgan fingerprint density at radius 3 is 2.44 bits per heavy atom. The molecule has 0 heterocycles. The number of esters is 1. The second-order valence-electron chi connectivity index (χ2n) is 3.22. The minimum Gasteiger partial charge on any atom is -0.467 e. The van der Waals surface area contributed by atoms with Gasteiger partial charge in [-0.3, -0.25) is 0 Å². The fraction of sp³-hybridized carbons (Fsp3) is 0.364. The Morgan fingerprint density at radius 2 is 1.94 bits per heavy atom. The van der Waals surface area contributed by atoms with E-state index in [4.69, 9.17) is 4.74 Å². The number of carbonyl (C=O) groups excluding carboxylic acids is 1. The molecule has 0 spiro atoms. The maximum atomic E-state index is 12.8. The van der Waals surface area contributed by atoms with Crippen molar-refractivity contribution in [1.82, 2.24) is 0 Å². The molecule has 0 unspecified atom stereocenters. The van der Waals surface area contributed by atoms with Gasteiger partial charge < -0.3 is 14.2 Å². The van der Waals surface area contributed by atoms with Crippen LogP contribution in [-0.4, -0.2) is 27.0 Å². The normalized spacial score (nSPS) is 11.2. The third-order valence-corrected chi connectivity index (χ3v) is 2.05. The van der Waals surface area contributed by atoms with Crippen LogP contribution in [0, 0.1) is 0 Å². The SMILES string of the molecule is COCOc1cccc(C(F)(F)F)c1C(=O)OC. The summed E-state index contributed by atoms with van der Waals surface area (Å²) in [6.07, 6.45) is -4.67. The first kappa shape index (κ1) is 14.3. The Morgan fingerprint density at radius 1 is 1.28 bits per heavy atom. The monoisotopic (exact) mass is 264 g/mol. The molecule has 4 nitrogen and oxygen atoms in total. The molecule has 0 saturated carbocycles. The van der Waals surface area contributed by atoms with E-state index < -0.39 is 23.3 Å². The van der Waals surface area contributed by atoms with Gasteiger partial charge in [-0.05, 0) is 12.1 Å². The minimum absolute atomic E-state index is 0.237. The van der Waals surface area contributed by atoms with Crippen LogP contribution < -0.4 is 4.74 Å². The molecule has 0 N–H and O–H groups in total. The van der Waals surface area contributed by atoms with Crippen molar-refractivity contribution < 1.29 is 32.2 Å². The second-order valence-corrected chi connectivity index (χ2v) is 3.22. The van der Waals surface area contributed by atoms with Gasteiger partial charge in [0.15, 0.2) is 6.79 Å². The molecule has 100 valence electrons. The number of alkyl halides is 3. The highest BCUT2D eigenvalue weighted by Gasteiger charge is 2.37. The largest absolute Gasteiger partial charge is 0.467 e. The Hall–Kier alpha value is -1.76. The zero-order valence-corrected chi connectivity index (χ0v) is 9.71. The zero-order chi connectivity index (χ0) is 13.8. The van der Waals surface area contributed by atoms with Gasteiger partial charge in [-0.2, -0.15) is 13.2 Å². The lowest BCUT2D eigenvalue weighted by atomic mass is 10.1. The summed E-state index contributed by atoms with van der Waals surface area (Å²) in [6.45, 7) is -0.273. The molecular weight excluding hydrogens is 253 g/mol. The van der Waals surface area contributed by atoms with Crippen LogP contribution in [-0.2, 0) is 15.7 Å². The number of rotatable bonds is 4. The predicted molar refractivity (Wildman–Crippen MR) is 55.3 cm³/mol. The van der Waals surface area contributed by atoms with E-state index in [1.165, 1.54) is 13.2 Å². The van der Waals surface area contributed by atoms with Crippen molar-refractivity contribution in [1.29, 1.82) is 0 Å². The Labute approximate surface area is 101 Å². The number of ether oxygens (including phenoxy) is 3. The Kier molecular flexibility index (Phi) is 4.55. The van der Waals surface area contributed by atoms with E-state index >= 15 is 0 Å². The van der Waals surface area contributed by atoms with Crippen LogP contribution in [0.2, 0.25) is 0 Å². The van der Waals surface area contributed by atoms with Crippen molar-refractivity contribution in [3.63, 3.8) is 0 Å². The summed E-state index contributed by atoms with van der Waals surface area (Å²) in [7, 11) is 2.31. The van der Waals surface area contributed by atoms with E-state index in [0.717, 1.165) is 19.2 Å². The number of methoxy groups -OCH3 is 2. The molecule has 1 rings (SSSR count). The molecule has 0 saturated heterocycles. The summed E-state index contributed by atoms with van der Waals surface area (Å²) in [5, 5.41) is 0. The van der Waals surface area contributed by atoms with Crippen LogP contribution in [0.3, 0.4) is 0 Å². The van der Waals surface area contributed by atoms with E-state index in [1.54, 1.807) is 0 Å². The van der Waals surface area contributed by atoms with Crippen molar-refractivity contribution >= 4 is 5.97 Å². The summed E-state index contributed by atoms with van der Waals surface area (Å²) in [4.78, 5) is 11.4. The fourth-order valence-corrected chi connectivity index (χ4v) is 1.32. The summed E-state index contributed by atoms with van der Waals surface area (Å²) < 4.78 is 52.1. The van der Waals surface area contributed by atoms with E-state index in [0.29, 0.717) is 0 Å². The number of hydrogen-bond acceptors (Lipinski definition) is 4. The van der Waals surface area contributed by atoms with Crippen molar-refractivity contribution in [2.24, 2.45) is 0 Å². The molecule has 0 fully saturated rings. The topological polar surface area (TPSA) is 44.8 Å². The van der Waals surface area contributed by atoms with Gasteiger partial charge in [0.05, 0.1) is 12.7 Å². The predicted octanol–water partition coefficient (Wildman–Crippen LogP) is 2.47. The van der Waals surface area contributed by atoms with E-state index in [9.17, 15) is 18.0 Å². The van der Waals surface area contributed by atoms with Gasteiger partial charge in [-0.15, -0.1) is 0 Å². The van der Waals surface area contributed by atoms with Crippen molar-refractivity contribution in [3.05, 3.63) is 29.3 Å². The van der Waals surface area contributed by atoms with Crippen molar-refractivity contribution in [3.8, 4) is 5.75 Å².